The van der Waals surface area contributed by atoms with E-state index in [1.807, 2.05) is 12.1 Å². The Hall–Kier alpha value is -3.06. The number of benzene rings is 2. The molecule has 4 unspecified atom stereocenters. The Bertz CT molecular complexity index is 1290. The quantitative estimate of drug-likeness (QED) is 0.312. The van der Waals surface area contributed by atoms with E-state index in [-0.39, 0.29) is 17.6 Å². The normalized spacial score (nSPS) is 29.9. The topological polar surface area (TPSA) is 85.3 Å². The van der Waals surface area contributed by atoms with Crippen molar-refractivity contribution in [2.24, 2.45) is 5.92 Å². The van der Waals surface area contributed by atoms with E-state index in [1.165, 1.54) is 18.4 Å². The van der Waals surface area contributed by atoms with Crippen molar-refractivity contribution in [1.29, 1.82) is 0 Å². The summed E-state index contributed by atoms with van der Waals surface area (Å²) in [6.07, 6.45) is 8.26. The van der Waals surface area contributed by atoms with Crippen LogP contribution in [0.1, 0.15) is 74.5 Å². The number of ether oxygens (including phenoxy) is 3. The van der Waals surface area contributed by atoms with Gasteiger partial charge in [0.1, 0.15) is 5.60 Å². The fourth-order valence-corrected chi connectivity index (χ4v) is 8.21. The lowest BCUT2D eigenvalue weighted by atomic mass is 9.48. The maximum Gasteiger partial charge on any atom is 0.508 e. The maximum atomic E-state index is 13.3. The van der Waals surface area contributed by atoms with Crippen LogP contribution in [0.25, 0.3) is 0 Å². The minimum atomic E-state index is -0.919. The van der Waals surface area contributed by atoms with E-state index in [4.69, 9.17) is 14.2 Å². The predicted octanol–water partition coefficient (Wildman–Crippen LogP) is 5.49. The van der Waals surface area contributed by atoms with Crippen molar-refractivity contribution in [1.82, 2.24) is 4.90 Å². The second-order valence-corrected chi connectivity index (χ2v) is 12.5. The Kier molecular flexibility index (Phi) is 6.53. The van der Waals surface area contributed by atoms with Gasteiger partial charge in [-0.2, -0.15) is 0 Å². The lowest BCUT2D eigenvalue weighted by Crippen LogP contribution is -2.77. The molecule has 5 aliphatic rings. The van der Waals surface area contributed by atoms with E-state index in [1.54, 1.807) is 6.07 Å². The molecule has 7 nitrogen and oxygen atoms in total. The van der Waals surface area contributed by atoms with Crippen molar-refractivity contribution in [3.8, 4) is 11.5 Å². The average molecular weight is 546 g/mol. The summed E-state index contributed by atoms with van der Waals surface area (Å²) < 4.78 is 18.4. The number of phenols is 1. The molecule has 1 saturated heterocycles. The molecule has 212 valence electrons. The van der Waals surface area contributed by atoms with E-state index < -0.39 is 23.3 Å². The van der Waals surface area contributed by atoms with Crippen molar-refractivity contribution in [3.05, 3.63) is 59.2 Å². The molecular formula is C33H39NO6. The van der Waals surface area contributed by atoms with Gasteiger partial charge in [0.2, 0.25) is 0 Å². The van der Waals surface area contributed by atoms with Crippen LogP contribution in [-0.2, 0) is 32.5 Å². The van der Waals surface area contributed by atoms with Crippen molar-refractivity contribution < 1.29 is 28.9 Å². The summed E-state index contributed by atoms with van der Waals surface area (Å²) in [4.78, 5) is 29.2. The third kappa shape index (κ3) is 4.11. The molecule has 1 spiro atoms. The fourth-order valence-electron chi connectivity index (χ4n) is 8.21. The summed E-state index contributed by atoms with van der Waals surface area (Å²) in [7, 11) is 0. The number of rotatable bonds is 10. The Balaban J connectivity index is 1.08. The van der Waals surface area contributed by atoms with Gasteiger partial charge < -0.3 is 19.3 Å². The Morgan fingerprint density at radius 3 is 2.70 bits per heavy atom. The molecule has 4 atom stereocenters. The summed E-state index contributed by atoms with van der Waals surface area (Å²) >= 11 is 0. The molecule has 3 fully saturated rings. The van der Waals surface area contributed by atoms with E-state index in [9.17, 15) is 14.7 Å². The van der Waals surface area contributed by atoms with Crippen molar-refractivity contribution >= 4 is 11.9 Å². The van der Waals surface area contributed by atoms with Crippen LogP contribution in [0.15, 0.2) is 42.5 Å². The number of hydrogen-bond donors (Lipinski definition) is 1. The average Bonchev–Trinajstić information content (AvgIpc) is 3.70. The van der Waals surface area contributed by atoms with Gasteiger partial charge >= 0.3 is 6.16 Å². The van der Waals surface area contributed by atoms with Crippen LogP contribution in [-0.4, -0.2) is 59.4 Å². The molecule has 7 rings (SSSR count). The number of hydrogen-bond acceptors (Lipinski definition) is 7. The number of carbonyl (C=O) groups excluding carboxylic acids is 2. The lowest BCUT2D eigenvalue weighted by Gasteiger charge is -2.63. The van der Waals surface area contributed by atoms with Crippen LogP contribution in [0.2, 0.25) is 0 Å². The van der Waals surface area contributed by atoms with Crippen LogP contribution in [0, 0.1) is 5.92 Å². The molecule has 3 aliphatic carbocycles. The molecule has 2 heterocycles. The van der Waals surface area contributed by atoms with Gasteiger partial charge in [0.05, 0.1) is 18.1 Å². The summed E-state index contributed by atoms with van der Waals surface area (Å²) in [6, 6.07) is 14.1. The van der Waals surface area contributed by atoms with Gasteiger partial charge in [-0.15, -0.1) is 0 Å². The SMILES string of the molecule is O=C(OCCCCCCc1ccccc1)OC12CCC(=O)C3Oc4c(O)ccc5c4C31CCN(CC1CC1)C2C5. The maximum absolute atomic E-state index is 13.3. The first-order valence-corrected chi connectivity index (χ1v) is 15.2. The summed E-state index contributed by atoms with van der Waals surface area (Å²) in [6.45, 7) is 2.14. The number of likely N-dealkylation sites (tertiary alicyclic amines) is 1. The molecule has 2 aromatic carbocycles. The zero-order valence-electron chi connectivity index (χ0n) is 23.1. The van der Waals surface area contributed by atoms with Crippen LogP contribution in [0.4, 0.5) is 4.79 Å². The molecule has 2 saturated carbocycles. The second kappa shape index (κ2) is 10.1. The van der Waals surface area contributed by atoms with Gasteiger partial charge in [-0.1, -0.05) is 49.2 Å². The minimum Gasteiger partial charge on any atom is -0.504 e. The highest BCUT2D eigenvalue weighted by atomic mass is 16.7. The van der Waals surface area contributed by atoms with Crippen LogP contribution in [0.3, 0.4) is 0 Å². The summed E-state index contributed by atoms with van der Waals surface area (Å²) in [5, 5.41) is 10.7. The molecule has 2 aromatic rings. The number of unbranched alkanes of at least 4 members (excludes halogenated alkanes) is 3. The minimum absolute atomic E-state index is 0.0286. The van der Waals surface area contributed by atoms with E-state index >= 15 is 0 Å². The van der Waals surface area contributed by atoms with Crippen LogP contribution in [0.5, 0.6) is 11.5 Å². The zero-order valence-corrected chi connectivity index (χ0v) is 23.1. The third-order valence-corrected chi connectivity index (χ3v) is 10.2. The van der Waals surface area contributed by atoms with Crippen molar-refractivity contribution in [3.63, 3.8) is 0 Å². The number of phenolic OH excluding ortho intramolecular Hbond substituents is 1. The monoisotopic (exact) mass is 545 g/mol. The molecule has 0 aromatic heterocycles. The summed E-state index contributed by atoms with van der Waals surface area (Å²) in [5.41, 5.74) is 1.63. The van der Waals surface area contributed by atoms with Crippen LogP contribution >= 0.6 is 0 Å². The first kappa shape index (κ1) is 25.9. The largest absolute Gasteiger partial charge is 0.508 e. The van der Waals surface area contributed by atoms with Gasteiger partial charge in [-0.05, 0) is 81.0 Å². The molecule has 2 bridgehead atoms. The van der Waals surface area contributed by atoms with E-state index in [2.05, 4.69) is 29.2 Å². The second-order valence-electron chi connectivity index (χ2n) is 12.5. The lowest BCUT2D eigenvalue weighted by molar-refractivity contribution is -0.196. The Morgan fingerprint density at radius 1 is 1.05 bits per heavy atom. The van der Waals surface area contributed by atoms with Crippen molar-refractivity contribution in [2.45, 2.75) is 93.8 Å². The Morgan fingerprint density at radius 2 is 1.88 bits per heavy atom. The van der Waals surface area contributed by atoms with E-state index in [0.29, 0.717) is 44.0 Å². The zero-order chi connectivity index (χ0) is 27.3. The molecule has 2 aliphatic heterocycles. The molecule has 40 heavy (non-hydrogen) atoms. The molecular weight excluding hydrogens is 506 g/mol. The Labute approximate surface area is 235 Å². The van der Waals surface area contributed by atoms with Crippen LogP contribution < -0.4 is 4.74 Å². The first-order chi connectivity index (χ1) is 19.5. The highest BCUT2D eigenvalue weighted by Crippen LogP contribution is 2.66. The summed E-state index contributed by atoms with van der Waals surface area (Å²) in [5.74, 6) is 1.18. The number of Topliss-reactive ketones (excluding diaryl/α,β-unsaturated/α-hetero) is 1. The van der Waals surface area contributed by atoms with Crippen molar-refractivity contribution in [2.75, 3.05) is 19.7 Å². The first-order valence-electron chi connectivity index (χ1n) is 15.2. The number of piperidine rings is 1. The van der Waals surface area contributed by atoms with Gasteiger partial charge in [0.25, 0.3) is 0 Å². The standard InChI is InChI=1S/C33H39NO6/c35-25-14-13-24-20-27-33(40-31(37)38-19-7-2-1-4-8-22-9-5-3-6-10-22)16-15-26(36)30-32(33,28(24)29(25)39-30)17-18-34(27)21-23-11-12-23/h3,5-6,9-10,13-14,23,27,30,35H,1-2,4,7-8,11-12,15-21H2. The highest BCUT2D eigenvalue weighted by molar-refractivity contribution is 5.90. The number of aryl methyl sites for hydroxylation is 1. The van der Waals surface area contributed by atoms with Gasteiger partial charge in [-0.3, -0.25) is 9.69 Å². The van der Waals surface area contributed by atoms with Gasteiger partial charge in [0, 0.05) is 18.5 Å². The predicted molar refractivity (Wildman–Crippen MR) is 149 cm³/mol. The van der Waals surface area contributed by atoms with Gasteiger partial charge in [0.15, 0.2) is 23.4 Å². The highest BCUT2D eigenvalue weighted by Gasteiger charge is 2.75. The molecule has 0 radical (unpaired) electrons. The number of ketones is 1. The number of nitrogens with zero attached hydrogens (tertiary/aromatic N) is 1. The third-order valence-electron chi connectivity index (χ3n) is 10.2. The molecule has 1 N–H and O–H groups in total. The molecule has 7 heteroatoms. The van der Waals surface area contributed by atoms with Gasteiger partial charge in [-0.25, -0.2) is 4.79 Å². The van der Waals surface area contributed by atoms with E-state index in [0.717, 1.165) is 56.3 Å². The fraction of sp³-hybridized carbons (Fsp3) is 0.576. The molecule has 0 amide bonds. The number of carbonyl (C=O) groups is 2. The number of aromatic hydroxyl groups is 1. The smallest absolute Gasteiger partial charge is 0.504 e.